The van der Waals surface area contributed by atoms with E-state index in [-0.39, 0.29) is 18.1 Å². The van der Waals surface area contributed by atoms with Crippen molar-refractivity contribution in [1.29, 1.82) is 0 Å². The van der Waals surface area contributed by atoms with E-state index in [0.29, 0.717) is 26.2 Å². The molecule has 1 aromatic rings. The van der Waals surface area contributed by atoms with Gasteiger partial charge in [0.2, 0.25) is 5.91 Å². The van der Waals surface area contributed by atoms with Gasteiger partial charge >= 0.3 is 0 Å². The van der Waals surface area contributed by atoms with Crippen LogP contribution in [0.5, 0.6) is 0 Å². The molecule has 1 amide bonds. The van der Waals surface area contributed by atoms with Crippen molar-refractivity contribution in [3.63, 3.8) is 0 Å². The number of hydrogen-bond acceptors (Lipinski definition) is 6. The molecule has 1 aliphatic heterocycles. The number of nitrogens with zero attached hydrogens (tertiary/aromatic N) is 2. The minimum Gasteiger partial charge on any atom is -0.379 e. The lowest BCUT2D eigenvalue weighted by Crippen LogP contribution is -2.51. The molecular weight excluding hydrogens is 290 g/mol. The van der Waals surface area contributed by atoms with E-state index in [0.717, 1.165) is 18.7 Å². The van der Waals surface area contributed by atoms with Gasteiger partial charge in [0.1, 0.15) is 0 Å². The summed E-state index contributed by atoms with van der Waals surface area (Å²) in [5.74, 6) is -0.0300. The Morgan fingerprint density at radius 1 is 1.62 bits per heavy atom. The van der Waals surface area contributed by atoms with Gasteiger partial charge in [-0.2, -0.15) is 0 Å². The molecule has 0 radical (unpaired) electrons. The molecule has 2 heterocycles. The summed E-state index contributed by atoms with van der Waals surface area (Å²) in [5, 5.41) is 4.90. The molecule has 0 unspecified atom stereocenters. The van der Waals surface area contributed by atoms with Gasteiger partial charge in [-0.3, -0.25) is 4.79 Å². The van der Waals surface area contributed by atoms with Gasteiger partial charge in [-0.1, -0.05) is 0 Å². The van der Waals surface area contributed by atoms with Crippen LogP contribution in [0.1, 0.15) is 12.1 Å². The first kappa shape index (κ1) is 16.4. The Morgan fingerprint density at radius 2 is 2.48 bits per heavy atom. The number of hydrogen-bond donors (Lipinski definition) is 1. The van der Waals surface area contributed by atoms with Gasteiger partial charge in [-0.15, -0.1) is 11.3 Å². The standard InChI is InChI=1S/C14H23N3O3S/c1-17(2)4-6-20-13-3-5-19-8-12(13)16-14(18)7-11-9-21-10-15-11/h9-10,12-13H,3-8H2,1-2H3,(H,16,18)/t12-,13+/m0/s1. The molecule has 0 aliphatic carbocycles. The zero-order chi connectivity index (χ0) is 15.1. The number of rotatable bonds is 7. The molecule has 0 spiro atoms. The Kier molecular flexibility index (Phi) is 6.56. The van der Waals surface area contributed by atoms with Gasteiger partial charge in [-0.25, -0.2) is 4.98 Å². The lowest BCUT2D eigenvalue weighted by atomic mass is 10.1. The minimum absolute atomic E-state index is 0.0260. The highest BCUT2D eigenvalue weighted by Gasteiger charge is 2.28. The molecule has 1 saturated heterocycles. The first-order valence-electron chi connectivity index (χ1n) is 7.15. The highest BCUT2D eigenvalue weighted by molar-refractivity contribution is 7.07. The van der Waals surface area contributed by atoms with Crippen molar-refractivity contribution in [3.05, 3.63) is 16.6 Å². The van der Waals surface area contributed by atoms with Crippen molar-refractivity contribution >= 4 is 17.2 Å². The van der Waals surface area contributed by atoms with E-state index in [1.807, 2.05) is 19.5 Å². The molecule has 2 rings (SSSR count). The summed E-state index contributed by atoms with van der Waals surface area (Å²) in [7, 11) is 4.03. The summed E-state index contributed by atoms with van der Waals surface area (Å²) in [6, 6.07) is -0.0768. The van der Waals surface area contributed by atoms with E-state index in [9.17, 15) is 4.79 Å². The molecule has 0 aromatic carbocycles. The van der Waals surface area contributed by atoms with Crippen LogP contribution in [0.3, 0.4) is 0 Å². The third kappa shape index (κ3) is 5.70. The number of carbonyl (C=O) groups excluding carboxylic acids is 1. The molecule has 1 aliphatic rings. The smallest absolute Gasteiger partial charge is 0.226 e. The van der Waals surface area contributed by atoms with E-state index in [1.54, 1.807) is 5.51 Å². The van der Waals surface area contributed by atoms with Crippen LogP contribution in [0.25, 0.3) is 0 Å². The van der Waals surface area contributed by atoms with Gasteiger partial charge in [0.15, 0.2) is 0 Å². The monoisotopic (exact) mass is 313 g/mol. The first-order chi connectivity index (χ1) is 10.1. The van der Waals surface area contributed by atoms with Crippen molar-refractivity contribution < 1.29 is 14.3 Å². The number of thiazole rings is 1. The average Bonchev–Trinajstić information content (AvgIpc) is 2.93. The summed E-state index contributed by atoms with van der Waals surface area (Å²) in [4.78, 5) is 18.2. The Hall–Kier alpha value is -1.02. The van der Waals surface area contributed by atoms with Crippen LogP contribution >= 0.6 is 11.3 Å². The van der Waals surface area contributed by atoms with Crippen molar-refractivity contribution in [2.75, 3.05) is 40.5 Å². The van der Waals surface area contributed by atoms with E-state index < -0.39 is 0 Å². The summed E-state index contributed by atoms with van der Waals surface area (Å²) >= 11 is 1.50. The van der Waals surface area contributed by atoms with Crippen LogP contribution in [0, 0.1) is 0 Å². The van der Waals surface area contributed by atoms with E-state index in [1.165, 1.54) is 11.3 Å². The topological polar surface area (TPSA) is 63.7 Å². The van der Waals surface area contributed by atoms with Crippen LogP contribution in [0.2, 0.25) is 0 Å². The summed E-state index contributed by atoms with van der Waals surface area (Å²) in [6.45, 7) is 2.73. The lowest BCUT2D eigenvalue weighted by Gasteiger charge is -2.32. The zero-order valence-electron chi connectivity index (χ0n) is 12.6. The van der Waals surface area contributed by atoms with Crippen LogP contribution in [-0.2, 0) is 20.7 Å². The normalized spacial score (nSPS) is 22.4. The molecule has 1 aromatic heterocycles. The van der Waals surface area contributed by atoms with Crippen molar-refractivity contribution in [3.8, 4) is 0 Å². The summed E-state index contributed by atoms with van der Waals surface area (Å²) in [5.41, 5.74) is 2.54. The van der Waals surface area contributed by atoms with Gasteiger partial charge in [-0.05, 0) is 20.5 Å². The second-order valence-corrected chi connectivity index (χ2v) is 6.13. The maximum atomic E-state index is 12.0. The molecule has 6 nitrogen and oxygen atoms in total. The molecule has 2 atom stereocenters. The summed E-state index contributed by atoms with van der Waals surface area (Å²) < 4.78 is 11.3. The zero-order valence-corrected chi connectivity index (χ0v) is 13.4. The Balaban J connectivity index is 1.79. The molecule has 7 heteroatoms. The Morgan fingerprint density at radius 3 is 3.19 bits per heavy atom. The van der Waals surface area contributed by atoms with E-state index in [2.05, 4.69) is 15.2 Å². The third-order valence-electron chi connectivity index (χ3n) is 3.33. The minimum atomic E-state index is -0.0768. The average molecular weight is 313 g/mol. The maximum Gasteiger partial charge on any atom is 0.226 e. The molecule has 0 saturated carbocycles. The van der Waals surface area contributed by atoms with Crippen LogP contribution < -0.4 is 5.32 Å². The lowest BCUT2D eigenvalue weighted by molar-refractivity contribution is -0.125. The molecule has 1 fully saturated rings. The largest absolute Gasteiger partial charge is 0.379 e. The first-order valence-corrected chi connectivity index (χ1v) is 8.10. The number of ether oxygens (including phenoxy) is 2. The fraction of sp³-hybridized carbons (Fsp3) is 0.714. The van der Waals surface area contributed by atoms with Crippen LogP contribution in [0.15, 0.2) is 10.9 Å². The van der Waals surface area contributed by atoms with Crippen molar-refractivity contribution in [2.45, 2.75) is 25.0 Å². The molecule has 21 heavy (non-hydrogen) atoms. The van der Waals surface area contributed by atoms with Gasteiger partial charge in [0.05, 0.1) is 43.0 Å². The summed E-state index contributed by atoms with van der Waals surface area (Å²) in [6.07, 6.45) is 1.15. The molecular formula is C14H23N3O3S. The van der Waals surface area contributed by atoms with Crippen LogP contribution in [0.4, 0.5) is 0 Å². The maximum absolute atomic E-state index is 12.0. The molecule has 1 N–H and O–H groups in total. The van der Waals surface area contributed by atoms with E-state index >= 15 is 0 Å². The van der Waals surface area contributed by atoms with Gasteiger partial charge in [0.25, 0.3) is 0 Å². The number of aromatic nitrogens is 1. The Bertz CT molecular complexity index is 425. The molecule has 0 bridgehead atoms. The number of nitrogens with one attached hydrogen (secondary N) is 1. The predicted molar refractivity (Wildman–Crippen MR) is 81.5 cm³/mol. The fourth-order valence-corrected chi connectivity index (χ4v) is 2.74. The highest BCUT2D eigenvalue weighted by atomic mass is 32.1. The third-order valence-corrected chi connectivity index (χ3v) is 3.97. The number of carbonyl (C=O) groups is 1. The second-order valence-electron chi connectivity index (χ2n) is 5.41. The van der Waals surface area contributed by atoms with Gasteiger partial charge < -0.3 is 19.7 Å². The van der Waals surface area contributed by atoms with Crippen molar-refractivity contribution in [2.24, 2.45) is 0 Å². The predicted octanol–water partition coefficient (Wildman–Crippen LogP) is 0.537. The van der Waals surface area contributed by atoms with Gasteiger partial charge in [0, 0.05) is 18.5 Å². The number of amides is 1. The van der Waals surface area contributed by atoms with E-state index in [4.69, 9.17) is 9.47 Å². The highest BCUT2D eigenvalue weighted by Crippen LogP contribution is 2.12. The second kappa shape index (κ2) is 8.43. The quantitative estimate of drug-likeness (QED) is 0.796. The Labute approximate surface area is 129 Å². The fourth-order valence-electron chi connectivity index (χ4n) is 2.19. The molecule has 118 valence electrons. The van der Waals surface area contributed by atoms with Crippen molar-refractivity contribution in [1.82, 2.24) is 15.2 Å². The SMILES string of the molecule is CN(C)CCO[C@@H]1CCOC[C@@H]1NC(=O)Cc1cscn1. The van der Waals surface area contributed by atoms with Crippen LogP contribution in [-0.4, -0.2) is 68.4 Å². The number of likely N-dealkylation sites (N-methyl/N-ethyl adjacent to an activating group) is 1.